The second-order valence-corrected chi connectivity index (χ2v) is 8.71. The number of thiol groups is 1. The third-order valence-corrected chi connectivity index (χ3v) is 5.17. The normalized spacial score (nSPS) is 10.1. The molecule has 0 aromatic rings. The molecule has 135 valence electrons. The summed E-state index contributed by atoms with van der Waals surface area (Å²) in [6.07, 6.45) is 20.7. The first kappa shape index (κ1) is 26.1. The Morgan fingerprint density at radius 1 is 0.739 bits per heavy atom. The smallest absolute Gasteiger partial charge is 0.216 e. The first-order valence-corrected chi connectivity index (χ1v) is 12.8. The van der Waals surface area contributed by atoms with Crippen LogP contribution in [0.3, 0.4) is 0 Å². The van der Waals surface area contributed by atoms with Crippen molar-refractivity contribution in [1.82, 2.24) is 0 Å². The predicted octanol–water partition coefficient (Wildman–Crippen LogP) is 7.67. The fraction of sp³-hybridized carbons (Fsp3) is 0.947. The Morgan fingerprint density at radius 3 is 1.30 bits per heavy atom. The van der Waals surface area contributed by atoms with Crippen molar-refractivity contribution in [1.29, 1.82) is 0 Å². The van der Waals surface area contributed by atoms with Gasteiger partial charge in [0.2, 0.25) is 4.38 Å². The van der Waals surface area contributed by atoms with Crippen LogP contribution in [0, 0.1) is 0 Å². The summed E-state index contributed by atoms with van der Waals surface area (Å²) in [5.74, 6) is 0. The van der Waals surface area contributed by atoms with Crippen molar-refractivity contribution in [2.75, 3.05) is 6.61 Å². The quantitative estimate of drug-likeness (QED) is 0.128. The Hall–Kier alpha value is 0.863. The molecule has 0 aliphatic heterocycles. The number of unbranched alkanes of at least 4 members (excludes halogenated alkanes) is 13. The zero-order valence-electron chi connectivity index (χ0n) is 15.8. The monoisotopic (exact) mass is 411 g/mol. The second-order valence-electron chi connectivity index (χ2n) is 6.15. The minimum atomic E-state index is 0.317. The Bertz CT molecular complexity index is 211. The van der Waals surface area contributed by atoms with E-state index in [2.05, 4.69) is 36.5 Å². The summed E-state index contributed by atoms with van der Waals surface area (Å²) in [6.45, 7) is 4.77. The summed E-state index contributed by atoms with van der Waals surface area (Å²) in [6, 6.07) is 0. The van der Waals surface area contributed by atoms with Gasteiger partial charge in [0.25, 0.3) is 0 Å². The Morgan fingerprint density at radius 2 is 1.09 bits per heavy atom. The predicted molar refractivity (Wildman–Crippen MR) is 108 cm³/mol. The Labute approximate surface area is 167 Å². The Balaban J connectivity index is 0. The minimum absolute atomic E-state index is 0.317. The molecule has 23 heavy (non-hydrogen) atoms. The van der Waals surface area contributed by atoms with E-state index in [0.717, 1.165) is 0 Å². The van der Waals surface area contributed by atoms with E-state index in [1.807, 2.05) is 6.92 Å². The van der Waals surface area contributed by atoms with Crippen LogP contribution in [0.25, 0.3) is 0 Å². The van der Waals surface area contributed by atoms with Crippen LogP contribution in [-0.2, 0) is 23.0 Å². The van der Waals surface area contributed by atoms with Gasteiger partial charge in [-0.05, 0) is 19.1 Å². The van der Waals surface area contributed by atoms with Crippen molar-refractivity contribution in [3.8, 4) is 0 Å². The van der Waals surface area contributed by atoms with Crippen LogP contribution >= 0.6 is 24.8 Å². The van der Waals surface area contributed by atoms with Gasteiger partial charge in [-0.15, -0.1) is 0 Å². The van der Waals surface area contributed by atoms with Crippen LogP contribution < -0.4 is 0 Å². The van der Waals surface area contributed by atoms with Crippen LogP contribution in [0.5, 0.6) is 0 Å². The van der Waals surface area contributed by atoms with Crippen molar-refractivity contribution < 1.29 is 23.0 Å². The van der Waals surface area contributed by atoms with Crippen LogP contribution in [-0.4, -0.2) is 11.0 Å². The molecule has 0 heterocycles. The topological polar surface area (TPSA) is 9.23 Å². The third kappa shape index (κ3) is 31.2. The molecule has 0 aromatic heterocycles. The molecule has 0 spiro atoms. The van der Waals surface area contributed by atoms with Crippen molar-refractivity contribution in [2.45, 2.75) is 109 Å². The van der Waals surface area contributed by atoms with Gasteiger partial charge in [0.15, 0.2) is 0 Å². The summed E-state index contributed by atoms with van der Waals surface area (Å²) in [5.41, 5.74) is 0. The van der Waals surface area contributed by atoms with Gasteiger partial charge < -0.3 is 4.74 Å². The maximum Gasteiger partial charge on any atom is 0.216 e. The molecule has 0 saturated heterocycles. The van der Waals surface area contributed by atoms with E-state index in [-0.39, 0.29) is 0 Å². The molecule has 0 bridgehead atoms. The SMILES string of the molecule is CCCCCCCCCCCCCCC[CH2][Zn].CCOC(=S)S. The number of hydrogen-bond donors (Lipinski definition) is 1. The van der Waals surface area contributed by atoms with Gasteiger partial charge >= 0.3 is 93.9 Å². The van der Waals surface area contributed by atoms with Crippen LogP contribution in [0.15, 0.2) is 0 Å². The first-order chi connectivity index (χ1) is 11.2. The zero-order valence-corrected chi connectivity index (χ0v) is 20.5. The summed E-state index contributed by atoms with van der Waals surface area (Å²) in [4.78, 5) is 0. The molecule has 0 aliphatic rings. The molecule has 0 rings (SSSR count). The fourth-order valence-electron chi connectivity index (χ4n) is 2.49. The van der Waals surface area contributed by atoms with E-state index in [0.29, 0.717) is 11.0 Å². The van der Waals surface area contributed by atoms with Gasteiger partial charge in [0.1, 0.15) is 0 Å². The third-order valence-electron chi connectivity index (χ3n) is 3.87. The fourth-order valence-corrected chi connectivity index (χ4v) is 3.48. The van der Waals surface area contributed by atoms with Crippen molar-refractivity contribution in [3.63, 3.8) is 0 Å². The van der Waals surface area contributed by atoms with Gasteiger partial charge in [-0.2, -0.15) is 0 Å². The van der Waals surface area contributed by atoms with Gasteiger partial charge in [-0.1, -0.05) is 38.8 Å². The van der Waals surface area contributed by atoms with E-state index in [9.17, 15) is 0 Å². The number of hydrogen-bond acceptors (Lipinski definition) is 2. The van der Waals surface area contributed by atoms with Crippen molar-refractivity contribution >= 4 is 29.2 Å². The van der Waals surface area contributed by atoms with E-state index < -0.39 is 0 Å². The molecule has 0 aliphatic carbocycles. The first-order valence-electron chi connectivity index (χ1n) is 9.83. The molecule has 0 fully saturated rings. The molecule has 0 N–H and O–H groups in total. The molecule has 0 saturated carbocycles. The molecule has 1 nitrogen and oxygen atoms in total. The summed E-state index contributed by atoms with van der Waals surface area (Å²) >= 11 is 9.62. The van der Waals surface area contributed by atoms with Gasteiger partial charge in [0.05, 0.1) is 6.61 Å². The molecular formula is C19H39OS2Zn. The largest absolute Gasteiger partial charge is 0.479 e. The Kier molecular flexibility index (Phi) is 28.5. The van der Waals surface area contributed by atoms with E-state index in [1.54, 1.807) is 0 Å². The van der Waals surface area contributed by atoms with Crippen molar-refractivity contribution in [2.24, 2.45) is 0 Å². The molecule has 0 atom stereocenters. The molecule has 0 aromatic carbocycles. The minimum Gasteiger partial charge on any atom is -0.479 e. The van der Waals surface area contributed by atoms with Crippen LogP contribution in [0.2, 0.25) is 5.02 Å². The molecule has 0 amide bonds. The van der Waals surface area contributed by atoms with Crippen molar-refractivity contribution in [3.05, 3.63) is 0 Å². The molecule has 4 heteroatoms. The molecular weight excluding hydrogens is 374 g/mol. The zero-order chi connectivity index (χ0) is 17.6. The van der Waals surface area contributed by atoms with Gasteiger partial charge in [0, 0.05) is 0 Å². The average Bonchev–Trinajstić information content (AvgIpc) is 2.52. The van der Waals surface area contributed by atoms with Gasteiger partial charge in [-0.25, -0.2) is 0 Å². The van der Waals surface area contributed by atoms with E-state index in [4.69, 9.17) is 0 Å². The maximum absolute atomic E-state index is 4.64. The number of rotatable bonds is 15. The van der Waals surface area contributed by atoms with Crippen LogP contribution in [0.4, 0.5) is 0 Å². The summed E-state index contributed by atoms with van der Waals surface area (Å²) < 4.78 is 4.95. The average molecular weight is 413 g/mol. The summed E-state index contributed by atoms with van der Waals surface area (Å²) in [5, 5.41) is 1.50. The van der Waals surface area contributed by atoms with Gasteiger partial charge in [-0.3, -0.25) is 0 Å². The molecule has 0 radical (unpaired) electrons. The summed E-state index contributed by atoms with van der Waals surface area (Å²) in [7, 11) is 0. The number of ether oxygens (including phenoxy) is 1. The maximum atomic E-state index is 4.64. The standard InChI is InChI=1S/C16H33.C3H6OS2.Zn/c1-3-5-7-9-11-13-15-16-14-12-10-8-6-4-2;1-2-4-3(5)6;/h1,3-16H2,2H3;2H2,1H3,(H,5,6);. The molecule has 0 unspecified atom stereocenters. The van der Waals surface area contributed by atoms with E-state index >= 15 is 0 Å². The number of thiocarbonyl (C=S) groups is 1. The van der Waals surface area contributed by atoms with E-state index in [1.165, 1.54) is 113 Å². The van der Waals surface area contributed by atoms with Crippen LogP contribution in [0.1, 0.15) is 104 Å². The second kappa shape index (κ2) is 25.1.